The Morgan fingerprint density at radius 3 is 2.17 bits per heavy atom. The second-order valence-corrected chi connectivity index (χ2v) is 8.02. The van der Waals surface area contributed by atoms with Crippen LogP contribution in [0.1, 0.15) is 5.56 Å². The van der Waals surface area contributed by atoms with Gasteiger partial charge in [0.15, 0.2) is 5.16 Å². The highest BCUT2D eigenvalue weighted by atomic mass is 79.9. The zero-order valence-corrected chi connectivity index (χ0v) is 17.7. The lowest BCUT2D eigenvalue weighted by atomic mass is 10.2. The molecule has 5 rings (SSSR count). The quantitative estimate of drug-likeness (QED) is 0.364. The molecular formula is C23H16BrN3OS. The summed E-state index contributed by atoms with van der Waals surface area (Å²) >= 11 is 5.29. The molecule has 4 aromatic rings. The van der Waals surface area contributed by atoms with E-state index in [0.29, 0.717) is 0 Å². The fraction of sp³-hybridized carbons (Fsp3) is 0. The van der Waals surface area contributed by atoms with Crippen molar-refractivity contribution in [3.8, 4) is 22.8 Å². The number of para-hydroxylation sites is 1. The van der Waals surface area contributed by atoms with Crippen LogP contribution >= 0.6 is 27.7 Å². The first-order chi connectivity index (χ1) is 14.3. The second kappa shape index (κ2) is 7.81. The largest absolute Gasteiger partial charge is 0.457 e. The van der Waals surface area contributed by atoms with Gasteiger partial charge in [-0.3, -0.25) is 5.43 Å². The van der Waals surface area contributed by atoms with Gasteiger partial charge >= 0.3 is 0 Å². The van der Waals surface area contributed by atoms with Gasteiger partial charge in [0, 0.05) is 16.5 Å². The summed E-state index contributed by atoms with van der Waals surface area (Å²) in [6, 6.07) is 28.0. The molecule has 0 atom stereocenters. The molecule has 6 heteroatoms. The van der Waals surface area contributed by atoms with Gasteiger partial charge in [-0.2, -0.15) is 0 Å². The summed E-state index contributed by atoms with van der Waals surface area (Å²) in [4.78, 5) is 4.76. The Bertz CT molecular complexity index is 1170. The molecule has 1 aromatic heterocycles. The van der Waals surface area contributed by atoms with Gasteiger partial charge in [0.1, 0.15) is 21.8 Å². The first kappa shape index (κ1) is 18.1. The molecule has 0 saturated carbocycles. The molecule has 2 heterocycles. The van der Waals surface area contributed by atoms with Crippen molar-refractivity contribution in [3.05, 3.63) is 101 Å². The van der Waals surface area contributed by atoms with Crippen LogP contribution in [0.15, 0.2) is 100 Å². The van der Waals surface area contributed by atoms with Crippen LogP contribution in [-0.4, -0.2) is 9.66 Å². The van der Waals surface area contributed by atoms with Crippen LogP contribution in [0.4, 0.5) is 0 Å². The molecule has 1 N–H and O–H groups in total. The van der Waals surface area contributed by atoms with Crippen molar-refractivity contribution in [2.24, 2.45) is 0 Å². The summed E-state index contributed by atoms with van der Waals surface area (Å²) in [7, 11) is 0. The number of hydrogen-bond donors (Lipinski definition) is 1. The van der Waals surface area contributed by atoms with E-state index < -0.39 is 0 Å². The van der Waals surface area contributed by atoms with Crippen molar-refractivity contribution < 1.29 is 4.74 Å². The molecule has 1 aliphatic heterocycles. The summed E-state index contributed by atoms with van der Waals surface area (Å²) < 4.78 is 8.75. The van der Waals surface area contributed by atoms with Crippen LogP contribution in [0, 0.1) is 0 Å². The number of thioether (sulfide) groups is 1. The van der Waals surface area contributed by atoms with Gasteiger partial charge in [-0.05, 0) is 52.3 Å². The van der Waals surface area contributed by atoms with Crippen molar-refractivity contribution in [1.82, 2.24) is 9.66 Å². The fourth-order valence-corrected chi connectivity index (χ4v) is 4.55. The zero-order valence-electron chi connectivity index (χ0n) is 15.2. The van der Waals surface area contributed by atoms with E-state index in [9.17, 15) is 0 Å². The minimum absolute atomic E-state index is 0.805. The predicted molar refractivity (Wildman–Crippen MR) is 122 cm³/mol. The number of aromatic nitrogens is 2. The van der Waals surface area contributed by atoms with E-state index in [-0.39, 0.29) is 0 Å². The number of imidazole rings is 1. The molecule has 0 amide bonds. The maximum Gasteiger partial charge on any atom is 0.193 e. The third-order valence-corrected chi connectivity index (χ3v) is 6.06. The van der Waals surface area contributed by atoms with E-state index in [1.165, 1.54) is 0 Å². The second-order valence-electron chi connectivity index (χ2n) is 6.44. The molecular weight excluding hydrogens is 446 g/mol. The molecule has 4 nitrogen and oxygen atoms in total. The lowest BCUT2D eigenvalue weighted by molar-refractivity contribution is 0.482. The SMILES string of the molecule is Brc1c(-c2ccccc2)nc2n1NC(c1ccc(Oc3ccccc3)cc1)=CS2. The molecule has 0 aliphatic carbocycles. The van der Waals surface area contributed by atoms with E-state index in [1.807, 2.05) is 77.5 Å². The molecule has 0 bridgehead atoms. The smallest absolute Gasteiger partial charge is 0.193 e. The van der Waals surface area contributed by atoms with Gasteiger partial charge in [0.2, 0.25) is 0 Å². The highest BCUT2D eigenvalue weighted by molar-refractivity contribution is 9.10. The van der Waals surface area contributed by atoms with Crippen LogP contribution in [0.3, 0.4) is 0 Å². The number of nitrogens with one attached hydrogen (secondary N) is 1. The van der Waals surface area contributed by atoms with E-state index in [4.69, 9.17) is 9.72 Å². The molecule has 0 radical (unpaired) electrons. The van der Waals surface area contributed by atoms with E-state index in [2.05, 4.69) is 38.9 Å². The fourth-order valence-electron chi connectivity index (χ4n) is 3.06. The summed E-state index contributed by atoms with van der Waals surface area (Å²) in [6.07, 6.45) is 0. The van der Waals surface area contributed by atoms with Gasteiger partial charge in [0.25, 0.3) is 0 Å². The zero-order chi connectivity index (χ0) is 19.6. The summed E-state index contributed by atoms with van der Waals surface area (Å²) in [5, 5.41) is 2.97. The maximum atomic E-state index is 5.88. The van der Waals surface area contributed by atoms with Crippen LogP contribution in [0.5, 0.6) is 11.5 Å². The topological polar surface area (TPSA) is 39.1 Å². The number of ether oxygens (including phenoxy) is 1. The first-order valence-corrected chi connectivity index (χ1v) is 10.8. The molecule has 0 fully saturated rings. The highest BCUT2D eigenvalue weighted by Gasteiger charge is 2.21. The van der Waals surface area contributed by atoms with Crippen LogP contribution in [0.2, 0.25) is 0 Å². The summed E-state index contributed by atoms with van der Waals surface area (Å²) in [5.74, 6) is 1.63. The molecule has 0 saturated heterocycles. The van der Waals surface area contributed by atoms with Gasteiger partial charge in [-0.25, -0.2) is 9.66 Å². The van der Waals surface area contributed by atoms with Crippen molar-refractivity contribution in [1.29, 1.82) is 0 Å². The van der Waals surface area contributed by atoms with Crippen LogP contribution in [0.25, 0.3) is 17.0 Å². The van der Waals surface area contributed by atoms with Crippen molar-refractivity contribution >= 4 is 33.4 Å². The Kier molecular flexibility index (Phi) is 4.87. The Balaban J connectivity index is 1.36. The number of fused-ring (bicyclic) bond motifs is 1. The van der Waals surface area contributed by atoms with Crippen LogP contribution in [-0.2, 0) is 0 Å². The van der Waals surface area contributed by atoms with Gasteiger partial charge in [-0.1, -0.05) is 60.3 Å². The van der Waals surface area contributed by atoms with Crippen molar-refractivity contribution in [3.63, 3.8) is 0 Å². The molecule has 29 heavy (non-hydrogen) atoms. The number of nitrogens with zero attached hydrogens (tertiary/aromatic N) is 2. The minimum Gasteiger partial charge on any atom is -0.457 e. The van der Waals surface area contributed by atoms with Crippen molar-refractivity contribution in [2.45, 2.75) is 5.16 Å². The van der Waals surface area contributed by atoms with Gasteiger partial charge < -0.3 is 4.74 Å². The predicted octanol–water partition coefficient (Wildman–Crippen LogP) is 6.75. The minimum atomic E-state index is 0.805. The molecule has 0 spiro atoms. The first-order valence-electron chi connectivity index (χ1n) is 9.09. The van der Waals surface area contributed by atoms with E-state index in [0.717, 1.165) is 43.8 Å². The van der Waals surface area contributed by atoms with E-state index in [1.54, 1.807) is 11.8 Å². The summed E-state index contributed by atoms with van der Waals surface area (Å²) in [6.45, 7) is 0. The molecule has 3 aromatic carbocycles. The van der Waals surface area contributed by atoms with Gasteiger partial charge in [-0.15, -0.1) is 0 Å². The number of halogens is 1. The van der Waals surface area contributed by atoms with Crippen LogP contribution < -0.4 is 10.2 Å². The number of hydrogen-bond acceptors (Lipinski definition) is 4. The lowest BCUT2D eigenvalue weighted by Crippen LogP contribution is -2.17. The number of benzene rings is 3. The Morgan fingerprint density at radius 2 is 1.45 bits per heavy atom. The average Bonchev–Trinajstić information content (AvgIpc) is 3.12. The van der Waals surface area contributed by atoms with Crippen molar-refractivity contribution in [2.75, 3.05) is 5.43 Å². The highest BCUT2D eigenvalue weighted by Crippen LogP contribution is 2.37. The molecule has 0 unspecified atom stereocenters. The Labute approximate surface area is 181 Å². The average molecular weight is 462 g/mol. The normalized spacial score (nSPS) is 12.7. The summed E-state index contributed by atoms with van der Waals surface area (Å²) in [5.41, 5.74) is 7.52. The monoisotopic (exact) mass is 461 g/mol. The Morgan fingerprint density at radius 1 is 0.793 bits per heavy atom. The van der Waals surface area contributed by atoms with E-state index >= 15 is 0 Å². The third kappa shape index (κ3) is 3.69. The molecule has 142 valence electrons. The molecule has 1 aliphatic rings. The third-order valence-electron chi connectivity index (χ3n) is 4.50. The standard InChI is InChI=1S/C23H16BrN3OS/c24-22-21(17-7-3-1-4-8-17)25-23-27(22)26-20(15-29-23)16-11-13-19(14-12-16)28-18-9-5-2-6-10-18/h1-15,26H. The van der Waals surface area contributed by atoms with Gasteiger partial charge in [0.05, 0.1) is 5.70 Å². The maximum absolute atomic E-state index is 5.88. The lowest BCUT2D eigenvalue weighted by Gasteiger charge is -2.19. The number of rotatable bonds is 4. The Hall–Kier alpha value is -2.96.